The Morgan fingerprint density at radius 1 is 1.07 bits per heavy atom. The van der Waals surface area contributed by atoms with E-state index in [-0.39, 0.29) is 5.78 Å². The van der Waals surface area contributed by atoms with E-state index in [0.29, 0.717) is 12.0 Å². The van der Waals surface area contributed by atoms with Crippen molar-refractivity contribution in [2.75, 3.05) is 20.6 Å². The minimum Gasteiger partial charge on any atom is -0.309 e. The fourth-order valence-corrected chi connectivity index (χ4v) is 1.46. The second-order valence-electron chi connectivity index (χ2n) is 4.52. The average Bonchev–Trinajstić information content (AvgIpc) is 2.15. The highest BCUT2D eigenvalue weighted by atomic mass is 16.1. The summed E-state index contributed by atoms with van der Waals surface area (Å²) in [5, 5.41) is 0. The number of carbonyl (C=O) groups is 1. The second kappa shape index (κ2) is 8.66. The number of hydrogen-bond acceptors (Lipinski definition) is 2. The third-order valence-corrected chi connectivity index (χ3v) is 2.49. The van der Waals surface area contributed by atoms with Gasteiger partial charge < -0.3 is 4.90 Å². The van der Waals surface area contributed by atoms with E-state index in [4.69, 9.17) is 0 Å². The lowest BCUT2D eigenvalue weighted by Crippen LogP contribution is -2.12. The highest BCUT2D eigenvalue weighted by Gasteiger charge is 2.01. The fourth-order valence-electron chi connectivity index (χ4n) is 1.46. The van der Waals surface area contributed by atoms with Crippen molar-refractivity contribution in [3.63, 3.8) is 0 Å². The van der Waals surface area contributed by atoms with Gasteiger partial charge in [-0.2, -0.15) is 0 Å². The molecule has 0 saturated carbocycles. The predicted octanol–water partition coefficient (Wildman–Crippen LogP) is 3.03. The SMILES string of the molecule is C=C(C)C(=O)CCCCCCCN(C)C. The van der Waals surface area contributed by atoms with Crippen molar-refractivity contribution in [2.24, 2.45) is 0 Å². The molecule has 0 aromatic rings. The Kier molecular flexibility index (Phi) is 8.30. The molecular formula is C13H25NO. The second-order valence-corrected chi connectivity index (χ2v) is 4.52. The first-order valence-electron chi connectivity index (χ1n) is 5.87. The zero-order chi connectivity index (χ0) is 11.7. The Morgan fingerprint density at radius 2 is 1.60 bits per heavy atom. The predicted molar refractivity (Wildman–Crippen MR) is 66.1 cm³/mol. The van der Waals surface area contributed by atoms with Crippen LogP contribution in [0.4, 0.5) is 0 Å². The maximum absolute atomic E-state index is 11.2. The highest BCUT2D eigenvalue weighted by molar-refractivity contribution is 5.93. The van der Waals surface area contributed by atoms with E-state index in [1.165, 1.54) is 32.2 Å². The van der Waals surface area contributed by atoms with Gasteiger partial charge in [-0.3, -0.25) is 4.79 Å². The lowest BCUT2D eigenvalue weighted by atomic mass is 10.1. The minimum atomic E-state index is 0.225. The zero-order valence-electron chi connectivity index (χ0n) is 10.5. The first-order valence-corrected chi connectivity index (χ1v) is 5.87. The van der Waals surface area contributed by atoms with Gasteiger partial charge in [0.05, 0.1) is 0 Å². The van der Waals surface area contributed by atoms with E-state index in [0.717, 1.165) is 6.42 Å². The molecule has 0 bridgehead atoms. The van der Waals surface area contributed by atoms with Crippen molar-refractivity contribution in [3.05, 3.63) is 12.2 Å². The van der Waals surface area contributed by atoms with Gasteiger partial charge in [0.15, 0.2) is 5.78 Å². The summed E-state index contributed by atoms with van der Waals surface area (Å²) >= 11 is 0. The number of allylic oxidation sites excluding steroid dienone is 1. The normalized spacial score (nSPS) is 10.7. The van der Waals surface area contributed by atoms with Crippen LogP contribution in [0, 0.1) is 0 Å². The first-order chi connectivity index (χ1) is 7.04. The Hall–Kier alpha value is -0.630. The van der Waals surface area contributed by atoms with Crippen LogP contribution in [0.15, 0.2) is 12.2 Å². The lowest BCUT2D eigenvalue weighted by molar-refractivity contribution is -0.115. The number of unbranched alkanes of at least 4 members (excludes halogenated alkanes) is 4. The molecule has 0 N–H and O–H groups in total. The van der Waals surface area contributed by atoms with Gasteiger partial charge >= 0.3 is 0 Å². The van der Waals surface area contributed by atoms with Crippen molar-refractivity contribution in [1.82, 2.24) is 4.90 Å². The monoisotopic (exact) mass is 211 g/mol. The number of hydrogen-bond donors (Lipinski definition) is 0. The molecule has 0 rings (SSSR count). The molecule has 0 aliphatic carbocycles. The smallest absolute Gasteiger partial charge is 0.157 e. The lowest BCUT2D eigenvalue weighted by Gasteiger charge is -2.08. The molecule has 0 saturated heterocycles. The maximum atomic E-state index is 11.2. The molecule has 0 aromatic carbocycles. The van der Waals surface area contributed by atoms with Crippen LogP contribution < -0.4 is 0 Å². The van der Waals surface area contributed by atoms with Crippen molar-refractivity contribution in [2.45, 2.75) is 45.4 Å². The third-order valence-electron chi connectivity index (χ3n) is 2.49. The number of Topliss-reactive ketones (excluding diaryl/α,β-unsaturated/α-hetero) is 1. The maximum Gasteiger partial charge on any atom is 0.157 e. The van der Waals surface area contributed by atoms with Crippen LogP contribution in [0.3, 0.4) is 0 Å². The molecular weight excluding hydrogens is 186 g/mol. The van der Waals surface area contributed by atoms with Crippen LogP contribution in [0.1, 0.15) is 45.4 Å². The summed E-state index contributed by atoms with van der Waals surface area (Å²) < 4.78 is 0. The van der Waals surface area contributed by atoms with E-state index in [9.17, 15) is 4.79 Å². The van der Waals surface area contributed by atoms with Crippen LogP contribution in [-0.4, -0.2) is 31.3 Å². The third kappa shape index (κ3) is 9.67. The molecule has 2 nitrogen and oxygen atoms in total. The van der Waals surface area contributed by atoms with Gasteiger partial charge in [-0.05, 0) is 46.0 Å². The fraction of sp³-hybridized carbons (Fsp3) is 0.769. The van der Waals surface area contributed by atoms with Crippen LogP contribution in [0.5, 0.6) is 0 Å². The molecule has 0 unspecified atom stereocenters. The number of nitrogens with zero attached hydrogens (tertiary/aromatic N) is 1. The van der Waals surface area contributed by atoms with Crippen molar-refractivity contribution < 1.29 is 4.79 Å². The number of rotatable bonds is 9. The molecule has 0 aromatic heterocycles. The van der Waals surface area contributed by atoms with Crippen molar-refractivity contribution in [1.29, 1.82) is 0 Å². The van der Waals surface area contributed by atoms with E-state index < -0.39 is 0 Å². The standard InChI is InChI=1S/C13H25NO/c1-12(2)13(15)10-8-6-5-7-9-11-14(3)4/h1,5-11H2,2-4H3. The molecule has 0 amide bonds. The minimum absolute atomic E-state index is 0.225. The summed E-state index contributed by atoms with van der Waals surface area (Å²) in [6, 6.07) is 0. The Morgan fingerprint density at radius 3 is 2.13 bits per heavy atom. The van der Waals surface area contributed by atoms with Gasteiger partial charge in [-0.25, -0.2) is 0 Å². The van der Waals surface area contributed by atoms with Crippen LogP contribution >= 0.6 is 0 Å². The molecule has 0 aliphatic heterocycles. The molecule has 2 heteroatoms. The van der Waals surface area contributed by atoms with Crippen LogP contribution in [0.25, 0.3) is 0 Å². The first kappa shape index (κ1) is 14.4. The van der Waals surface area contributed by atoms with Gasteiger partial charge in [0.2, 0.25) is 0 Å². The summed E-state index contributed by atoms with van der Waals surface area (Å²) in [6.45, 7) is 6.61. The van der Waals surface area contributed by atoms with Crippen molar-refractivity contribution in [3.8, 4) is 0 Å². The molecule has 0 radical (unpaired) electrons. The molecule has 15 heavy (non-hydrogen) atoms. The van der Waals surface area contributed by atoms with Crippen LogP contribution in [-0.2, 0) is 4.79 Å². The van der Waals surface area contributed by atoms with E-state index >= 15 is 0 Å². The summed E-state index contributed by atoms with van der Waals surface area (Å²) in [4.78, 5) is 13.4. The summed E-state index contributed by atoms with van der Waals surface area (Å²) in [6.07, 6.45) is 6.67. The highest BCUT2D eigenvalue weighted by Crippen LogP contribution is 2.08. The Bertz CT molecular complexity index is 197. The van der Waals surface area contributed by atoms with E-state index in [2.05, 4.69) is 25.6 Å². The Labute approximate surface area is 94.4 Å². The van der Waals surface area contributed by atoms with Crippen LogP contribution in [0.2, 0.25) is 0 Å². The van der Waals surface area contributed by atoms with Gasteiger partial charge in [0, 0.05) is 6.42 Å². The molecule has 0 aliphatic rings. The molecule has 0 heterocycles. The zero-order valence-corrected chi connectivity index (χ0v) is 10.5. The topological polar surface area (TPSA) is 20.3 Å². The number of carbonyl (C=O) groups excluding carboxylic acids is 1. The number of ketones is 1. The summed E-state index contributed by atoms with van der Waals surface area (Å²) in [7, 11) is 4.21. The summed E-state index contributed by atoms with van der Waals surface area (Å²) in [5.41, 5.74) is 0.697. The van der Waals surface area contributed by atoms with Crippen molar-refractivity contribution >= 4 is 5.78 Å². The molecule has 0 atom stereocenters. The van der Waals surface area contributed by atoms with Gasteiger partial charge in [-0.1, -0.05) is 25.8 Å². The molecule has 88 valence electrons. The van der Waals surface area contributed by atoms with E-state index in [1.807, 2.05) is 0 Å². The Balaban J connectivity index is 3.18. The average molecular weight is 211 g/mol. The summed E-state index contributed by atoms with van der Waals surface area (Å²) in [5.74, 6) is 0.225. The molecule has 0 spiro atoms. The van der Waals surface area contributed by atoms with Gasteiger partial charge in [-0.15, -0.1) is 0 Å². The van der Waals surface area contributed by atoms with Gasteiger partial charge in [0.1, 0.15) is 0 Å². The largest absolute Gasteiger partial charge is 0.309 e. The van der Waals surface area contributed by atoms with E-state index in [1.54, 1.807) is 6.92 Å². The molecule has 0 fully saturated rings. The van der Waals surface area contributed by atoms with Gasteiger partial charge in [0.25, 0.3) is 0 Å². The quantitative estimate of drug-likeness (QED) is 0.431.